The molecular formula is C11H22N2OS. The number of hydrogen-bond donors (Lipinski definition) is 2. The molecule has 0 aromatic rings. The van der Waals surface area contributed by atoms with Crippen molar-refractivity contribution in [1.29, 1.82) is 0 Å². The first-order valence-corrected chi connectivity index (χ1v) is 6.88. The number of carbonyl (C=O) groups is 1. The lowest BCUT2D eigenvalue weighted by molar-refractivity contribution is -0.121. The fourth-order valence-corrected chi connectivity index (χ4v) is 3.29. The fraction of sp³-hybridized carbons (Fsp3) is 0.909. The van der Waals surface area contributed by atoms with Crippen LogP contribution in [0.5, 0.6) is 0 Å². The normalized spacial score (nSPS) is 26.3. The van der Waals surface area contributed by atoms with Gasteiger partial charge >= 0.3 is 0 Å². The van der Waals surface area contributed by atoms with E-state index in [1.807, 2.05) is 11.8 Å². The summed E-state index contributed by atoms with van der Waals surface area (Å²) >= 11 is 1.99. The highest BCUT2D eigenvalue weighted by molar-refractivity contribution is 7.99. The summed E-state index contributed by atoms with van der Waals surface area (Å²) in [7, 11) is 1.80. The molecule has 4 heteroatoms. The fourth-order valence-electron chi connectivity index (χ4n) is 2.09. The number of thioether (sulfide) groups is 1. The smallest absolute Gasteiger partial charge is 0.234 e. The van der Waals surface area contributed by atoms with Crippen LogP contribution in [-0.4, -0.2) is 36.5 Å². The summed E-state index contributed by atoms with van der Waals surface area (Å²) in [6, 6.07) is 0.393. The average Bonchev–Trinajstić information content (AvgIpc) is 2.21. The predicted octanol–water partition coefficient (Wildman–Crippen LogP) is 1.39. The highest BCUT2D eigenvalue weighted by Crippen LogP contribution is 2.28. The Morgan fingerprint density at radius 2 is 2.13 bits per heavy atom. The van der Waals surface area contributed by atoms with E-state index in [0.29, 0.717) is 17.8 Å². The quantitative estimate of drug-likeness (QED) is 0.750. The third-order valence-corrected chi connectivity index (χ3v) is 4.09. The zero-order chi connectivity index (χ0) is 11.1. The number of amides is 1. The van der Waals surface area contributed by atoms with Gasteiger partial charge in [-0.1, -0.05) is 19.8 Å². The van der Waals surface area contributed by atoms with Crippen LogP contribution in [0.3, 0.4) is 0 Å². The summed E-state index contributed by atoms with van der Waals surface area (Å²) in [5, 5.41) is 6.65. The van der Waals surface area contributed by atoms with Gasteiger partial charge in [0, 0.05) is 11.3 Å². The molecule has 2 unspecified atom stereocenters. The van der Waals surface area contributed by atoms with Crippen LogP contribution in [0.15, 0.2) is 0 Å². The SMILES string of the molecule is CCSC1CCCCC1NC(=O)CNC. The lowest BCUT2D eigenvalue weighted by atomic mass is 9.95. The van der Waals surface area contributed by atoms with Crippen LogP contribution < -0.4 is 10.6 Å². The first-order chi connectivity index (χ1) is 7.27. The van der Waals surface area contributed by atoms with Crippen LogP contribution in [-0.2, 0) is 4.79 Å². The van der Waals surface area contributed by atoms with Gasteiger partial charge in [-0.25, -0.2) is 0 Å². The van der Waals surface area contributed by atoms with Crippen molar-refractivity contribution in [2.24, 2.45) is 0 Å². The van der Waals surface area contributed by atoms with E-state index >= 15 is 0 Å². The molecule has 0 radical (unpaired) electrons. The molecule has 0 heterocycles. The molecule has 0 spiro atoms. The van der Waals surface area contributed by atoms with E-state index in [1.165, 1.54) is 19.3 Å². The summed E-state index contributed by atoms with van der Waals surface area (Å²) in [5.74, 6) is 1.27. The van der Waals surface area contributed by atoms with Crippen LogP contribution in [0.4, 0.5) is 0 Å². The van der Waals surface area contributed by atoms with E-state index in [0.717, 1.165) is 12.2 Å². The van der Waals surface area contributed by atoms with Crippen molar-refractivity contribution in [2.75, 3.05) is 19.3 Å². The maximum Gasteiger partial charge on any atom is 0.234 e. The molecule has 0 aromatic heterocycles. The average molecular weight is 230 g/mol. The summed E-state index contributed by atoms with van der Waals surface area (Å²) in [5.41, 5.74) is 0. The maximum atomic E-state index is 11.5. The zero-order valence-corrected chi connectivity index (χ0v) is 10.5. The molecule has 88 valence electrons. The molecule has 0 bridgehead atoms. The van der Waals surface area contributed by atoms with E-state index in [-0.39, 0.29) is 5.91 Å². The lowest BCUT2D eigenvalue weighted by Gasteiger charge is -2.31. The van der Waals surface area contributed by atoms with Crippen molar-refractivity contribution in [3.05, 3.63) is 0 Å². The Balaban J connectivity index is 2.38. The standard InChI is InChI=1S/C11H22N2OS/c1-3-15-10-7-5-4-6-9(10)13-11(14)8-12-2/h9-10,12H,3-8H2,1-2H3,(H,13,14). The summed E-state index contributed by atoms with van der Waals surface area (Å²) in [6.45, 7) is 2.62. The largest absolute Gasteiger partial charge is 0.351 e. The molecule has 1 aliphatic carbocycles. The van der Waals surface area contributed by atoms with E-state index in [1.54, 1.807) is 7.05 Å². The number of likely N-dealkylation sites (N-methyl/N-ethyl adjacent to an activating group) is 1. The van der Waals surface area contributed by atoms with Gasteiger partial charge in [-0.3, -0.25) is 4.79 Å². The van der Waals surface area contributed by atoms with Crippen LogP contribution in [0.2, 0.25) is 0 Å². The number of hydrogen-bond acceptors (Lipinski definition) is 3. The minimum atomic E-state index is 0.131. The van der Waals surface area contributed by atoms with Crippen LogP contribution in [0, 0.1) is 0 Å². The Kier molecular flexibility index (Phi) is 6.10. The number of rotatable bonds is 5. The van der Waals surface area contributed by atoms with Crippen molar-refractivity contribution >= 4 is 17.7 Å². The Bertz CT molecular complexity index is 197. The molecule has 15 heavy (non-hydrogen) atoms. The van der Waals surface area contributed by atoms with Crippen molar-refractivity contribution < 1.29 is 4.79 Å². The zero-order valence-electron chi connectivity index (χ0n) is 9.71. The van der Waals surface area contributed by atoms with Gasteiger partial charge in [0.2, 0.25) is 5.91 Å². The Morgan fingerprint density at radius 1 is 1.40 bits per heavy atom. The van der Waals surface area contributed by atoms with Crippen LogP contribution in [0.25, 0.3) is 0 Å². The second-order valence-electron chi connectivity index (χ2n) is 3.98. The van der Waals surface area contributed by atoms with E-state index in [4.69, 9.17) is 0 Å². The molecule has 1 fully saturated rings. The van der Waals surface area contributed by atoms with Gasteiger partial charge < -0.3 is 10.6 Å². The molecule has 2 N–H and O–H groups in total. The van der Waals surface area contributed by atoms with Gasteiger partial charge in [-0.2, -0.15) is 11.8 Å². The summed E-state index contributed by atoms with van der Waals surface area (Å²) in [4.78, 5) is 11.5. The Morgan fingerprint density at radius 3 is 2.80 bits per heavy atom. The first kappa shape index (κ1) is 12.8. The molecule has 1 amide bonds. The Labute approximate surface area is 96.8 Å². The molecule has 0 aliphatic heterocycles. The summed E-state index contributed by atoms with van der Waals surface area (Å²) in [6.07, 6.45) is 4.97. The topological polar surface area (TPSA) is 41.1 Å². The summed E-state index contributed by atoms with van der Waals surface area (Å²) < 4.78 is 0. The van der Waals surface area contributed by atoms with Crippen molar-refractivity contribution in [3.63, 3.8) is 0 Å². The number of nitrogens with one attached hydrogen (secondary N) is 2. The predicted molar refractivity (Wildman–Crippen MR) is 66.2 cm³/mol. The molecule has 1 aliphatic rings. The third kappa shape index (κ3) is 4.43. The van der Waals surface area contributed by atoms with Crippen molar-refractivity contribution in [1.82, 2.24) is 10.6 Å². The van der Waals surface area contributed by atoms with Crippen molar-refractivity contribution in [3.8, 4) is 0 Å². The van der Waals surface area contributed by atoms with Gasteiger partial charge in [0.05, 0.1) is 6.54 Å². The number of carbonyl (C=O) groups excluding carboxylic acids is 1. The van der Waals surface area contributed by atoms with Gasteiger partial charge in [0.25, 0.3) is 0 Å². The second-order valence-corrected chi connectivity index (χ2v) is 5.50. The molecular weight excluding hydrogens is 208 g/mol. The van der Waals surface area contributed by atoms with E-state index in [9.17, 15) is 4.79 Å². The highest BCUT2D eigenvalue weighted by Gasteiger charge is 2.25. The van der Waals surface area contributed by atoms with E-state index in [2.05, 4.69) is 17.6 Å². The molecule has 0 saturated heterocycles. The van der Waals surface area contributed by atoms with Crippen LogP contribution >= 0.6 is 11.8 Å². The monoisotopic (exact) mass is 230 g/mol. The Hall–Kier alpha value is -0.220. The molecule has 1 saturated carbocycles. The van der Waals surface area contributed by atoms with Gasteiger partial charge in [0.15, 0.2) is 0 Å². The second kappa shape index (κ2) is 7.12. The molecule has 0 aromatic carbocycles. The minimum absolute atomic E-state index is 0.131. The van der Waals surface area contributed by atoms with Gasteiger partial charge in [-0.15, -0.1) is 0 Å². The van der Waals surface area contributed by atoms with Crippen molar-refractivity contribution in [2.45, 2.75) is 43.9 Å². The lowest BCUT2D eigenvalue weighted by Crippen LogP contribution is -2.46. The third-order valence-electron chi connectivity index (χ3n) is 2.77. The molecule has 3 nitrogen and oxygen atoms in total. The van der Waals surface area contributed by atoms with Gasteiger partial charge in [0.1, 0.15) is 0 Å². The molecule has 2 atom stereocenters. The highest BCUT2D eigenvalue weighted by atomic mass is 32.2. The molecule has 1 rings (SSSR count). The first-order valence-electron chi connectivity index (χ1n) is 5.83. The maximum absolute atomic E-state index is 11.5. The van der Waals surface area contributed by atoms with Gasteiger partial charge in [-0.05, 0) is 25.6 Å². The van der Waals surface area contributed by atoms with Crippen LogP contribution in [0.1, 0.15) is 32.6 Å². The minimum Gasteiger partial charge on any atom is -0.351 e. The van der Waals surface area contributed by atoms with E-state index < -0.39 is 0 Å².